The first kappa shape index (κ1) is 18.2. The number of rotatable bonds is 4. The fourth-order valence-corrected chi connectivity index (χ4v) is 2.75. The molecule has 0 bridgehead atoms. The summed E-state index contributed by atoms with van der Waals surface area (Å²) in [4.78, 5) is 8.48. The van der Waals surface area contributed by atoms with E-state index in [9.17, 15) is 0 Å². The van der Waals surface area contributed by atoms with Crippen molar-refractivity contribution in [1.82, 2.24) is 25.4 Å². The van der Waals surface area contributed by atoms with Crippen LogP contribution >= 0.6 is 24.0 Å². The maximum absolute atomic E-state index is 4.29. The van der Waals surface area contributed by atoms with E-state index in [4.69, 9.17) is 0 Å². The average Bonchev–Trinajstić information content (AvgIpc) is 2.89. The van der Waals surface area contributed by atoms with Gasteiger partial charge in [-0.05, 0) is 31.6 Å². The Morgan fingerprint density at radius 2 is 2.10 bits per heavy atom. The lowest BCUT2D eigenvalue weighted by Gasteiger charge is -2.29. The molecule has 7 heteroatoms. The van der Waals surface area contributed by atoms with Gasteiger partial charge in [-0.2, -0.15) is 5.10 Å². The first-order chi connectivity index (χ1) is 9.72. The molecule has 0 amide bonds. The van der Waals surface area contributed by atoms with E-state index >= 15 is 0 Å². The minimum absolute atomic E-state index is 0. The molecule has 2 rings (SSSR count). The third kappa shape index (κ3) is 5.44. The van der Waals surface area contributed by atoms with Crippen molar-refractivity contribution in [2.45, 2.75) is 51.6 Å². The van der Waals surface area contributed by atoms with Gasteiger partial charge in [-0.3, -0.25) is 9.67 Å². The first-order valence-electron chi connectivity index (χ1n) is 7.53. The molecule has 1 fully saturated rings. The van der Waals surface area contributed by atoms with Crippen molar-refractivity contribution < 1.29 is 0 Å². The molecule has 0 atom stereocenters. The average molecular weight is 406 g/mol. The van der Waals surface area contributed by atoms with Crippen molar-refractivity contribution >= 4 is 29.9 Å². The molecule has 120 valence electrons. The standard InChI is InChI=1S/C14H26N6.HI/c1-4-11-5-7-12(8-6-11)19-14(15-2)16-9-13-17-10-18-20(13)3;/h10-12H,4-9H2,1-3H3,(H2,15,16,19);1H. The Kier molecular flexibility index (Phi) is 7.98. The normalized spacial score (nSPS) is 22.5. The Hall–Kier alpha value is -0.860. The molecule has 1 aromatic rings. The van der Waals surface area contributed by atoms with Gasteiger partial charge in [-0.1, -0.05) is 13.3 Å². The van der Waals surface area contributed by atoms with Gasteiger partial charge in [-0.15, -0.1) is 24.0 Å². The minimum atomic E-state index is 0. The summed E-state index contributed by atoms with van der Waals surface area (Å²) in [6.45, 7) is 2.93. The summed E-state index contributed by atoms with van der Waals surface area (Å²) in [5.74, 6) is 2.68. The second-order valence-corrected chi connectivity index (χ2v) is 5.50. The Balaban J connectivity index is 0.00000220. The minimum Gasteiger partial charge on any atom is -0.354 e. The Bertz CT molecular complexity index is 436. The molecule has 1 aliphatic carbocycles. The fraction of sp³-hybridized carbons (Fsp3) is 0.786. The van der Waals surface area contributed by atoms with Crippen LogP contribution in [0.25, 0.3) is 0 Å². The molecule has 0 radical (unpaired) electrons. The van der Waals surface area contributed by atoms with Crippen LogP contribution in [0, 0.1) is 5.92 Å². The van der Waals surface area contributed by atoms with Gasteiger partial charge in [0, 0.05) is 20.1 Å². The highest BCUT2D eigenvalue weighted by atomic mass is 127. The summed E-state index contributed by atoms with van der Waals surface area (Å²) in [6, 6.07) is 0.545. The first-order valence-corrected chi connectivity index (χ1v) is 7.53. The van der Waals surface area contributed by atoms with Crippen LogP contribution in [0.2, 0.25) is 0 Å². The van der Waals surface area contributed by atoms with Crippen LogP contribution in [0.4, 0.5) is 0 Å². The number of aromatic nitrogens is 3. The topological polar surface area (TPSA) is 67.1 Å². The van der Waals surface area contributed by atoms with Gasteiger partial charge in [0.2, 0.25) is 0 Å². The largest absolute Gasteiger partial charge is 0.354 e. The van der Waals surface area contributed by atoms with Crippen molar-refractivity contribution in [3.63, 3.8) is 0 Å². The summed E-state index contributed by atoms with van der Waals surface area (Å²) in [7, 11) is 3.70. The molecule has 1 aliphatic rings. The zero-order valence-electron chi connectivity index (χ0n) is 13.2. The monoisotopic (exact) mass is 406 g/mol. The fourth-order valence-electron chi connectivity index (χ4n) is 2.75. The van der Waals surface area contributed by atoms with Crippen molar-refractivity contribution in [2.24, 2.45) is 18.0 Å². The van der Waals surface area contributed by atoms with Crippen LogP contribution in [-0.4, -0.2) is 33.8 Å². The smallest absolute Gasteiger partial charge is 0.191 e. The molecule has 21 heavy (non-hydrogen) atoms. The molecule has 0 saturated heterocycles. The van der Waals surface area contributed by atoms with E-state index < -0.39 is 0 Å². The van der Waals surface area contributed by atoms with E-state index in [-0.39, 0.29) is 24.0 Å². The van der Waals surface area contributed by atoms with E-state index in [0.717, 1.165) is 17.7 Å². The summed E-state index contributed by atoms with van der Waals surface area (Å²) in [5, 5.41) is 10.9. The predicted molar refractivity (Wildman–Crippen MR) is 95.8 cm³/mol. The molecule has 0 unspecified atom stereocenters. The van der Waals surface area contributed by atoms with Crippen LogP contribution in [-0.2, 0) is 13.6 Å². The Labute approximate surface area is 144 Å². The number of hydrogen-bond donors (Lipinski definition) is 2. The maximum Gasteiger partial charge on any atom is 0.191 e. The third-order valence-electron chi connectivity index (χ3n) is 4.21. The van der Waals surface area contributed by atoms with Gasteiger partial charge in [-0.25, -0.2) is 4.98 Å². The van der Waals surface area contributed by atoms with Crippen molar-refractivity contribution in [3.05, 3.63) is 12.2 Å². The molecule has 0 aromatic carbocycles. The summed E-state index contributed by atoms with van der Waals surface area (Å²) in [6.07, 6.45) is 8.01. The molecule has 1 heterocycles. The van der Waals surface area contributed by atoms with E-state index in [2.05, 4.69) is 32.6 Å². The molecule has 2 N–H and O–H groups in total. The van der Waals surface area contributed by atoms with Crippen molar-refractivity contribution in [3.8, 4) is 0 Å². The third-order valence-corrected chi connectivity index (χ3v) is 4.21. The predicted octanol–water partition coefficient (Wildman–Crippen LogP) is 2.07. The maximum atomic E-state index is 4.29. The van der Waals surface area contributed by atoms with Crippen LogP contribution in [0.1, 0.15) is 44.9 Å². The lowest BCUT2D eigenvalue weighted by molar-refractivity contribution is 0.304. The van der Waals surface area contributed by atoms with Crippen LogP contribution in [0.3, 0.4) is 0 Å². The highest BCUT2D eigenvalue weighted by molar-refractivity contribution is 14.0. The number of halogens is 1. The zero-order chi connectivity index (χ0) is 14.4. The summed E-state index contributed by atoms with van der Waals surface area (Å²) >= 11 is 0. The molecule has 6 nitrogen and oxygen atoms in total. The Morgan fingerprint density at radius 1 is 1.38 bits per heavy atom. The number of hydrogen-bond acceptors (Lipinski definition) is 3. The lowest BCUT2D eigenvalue weighted by atomic mass is 9.84. The van der Waals surface area contributed by atoms with Gasteiger partial charge in [0.15, 0.2) is 5.96 Å². The van der Waals surface area contributed by atoms with Gasteiger partial charge in [0.05, 0.1) is 6.54 Å². The molecule has 1 saturated carbocycles. The molecule has 1 aromatic heterocycles. The van der Waals surface area contributed by atoms with Crippen LogP contribution < -0.4 is 10.6 Å². The van der Waals surface area contributed by atoms with E-state index in [1.54, 1.807) is 11.0 Å². The second kappa shape index (κ2) is 9.22. The highest BCUT2D eigenvalue weighted by Gasteiger charge is 2.20. The SMILES string of the molecule is CCC1CCC(NC(=NC)NCc2ncnn2C)CC1.I. The van der Waals surface area contributed by atoms with E-state index in [0.29, 0.717) is 12.6 Å². The van der Waals surface area contributed by atoms with Gasteiger partial charge >= 0.3 is 0 Å². The Morgan fingerprint density at radius 3 is 2.62 bits per heavy atom. The number of nitrogens with one attached hydrogen (secondary N) is 2. The van der Waals surface area contributed by atoms with E-state index in [1.807, 2.05) is 14.1 Å². The number of guanidine groups is 1. The van der Waals surface area contributed by atoms with E-state index in [1.165, 1.54) is 32.1 Å². The van der Waals surface area contributed by atoms with Crippen molar-refractivity contribution in [1.29, 1.82) is 0 Å². The second-order valence-electron chi connectivity index (χ2n) is 5.50. The van der Waals surface area contributed by atoms with Crippen molar-refractivity contribution in [2.75, 3.05) is 7.05 Å². The van der Waals surface area contributed by atoms with Crippen LogP contribution in [0.5, 0.6) is 0 Å². The molecule has 0 spiro atoms. The van der Waals surface area contributed by atoms with Gasteiger partial charge in [0.1, 0.15) is 12.2 Å². The molecule has 0 aliphatic heterocycles. The highest BCUT2D eigenvalue weighted by Crippen LogP contribution is 2.26. The number of nitrogens with zero attached hydrogens (tertiary/aromatic N) is 4. The number of aliphatic imine (C=N–C) groups is 1. The zero-order valence-corrected chi connectivity index (χ0v) is 15.5. The quantitative estimate of drug-likeness (QED) is 0.457. The molecular formula is C14H27IN6. The van der Waals surface area contributed by atoms with Crippen LogP contribution in [0.15, 0.2) is 11.3 Å². The lowest BCUT2D eigenvalue weighted by Crippen LogP contribution is -2.44. The van der Waals surface area contributed by atoms with Gasteiger partial charge in [0.25, 0.3) is 0 Å². The summed E-state index contributed by atoms with van der Waals surface area (Å²) in [5.41, 5.74) is 0. The summed E-state index contributed by atoms with van der Waals surface area (Å²) < 4.78 is 1.77. The van der Waals surface area contributed by atoms with Gasteiger partial charge < -0.3 is 10.6 Å². The molecular weight excluding hydrogens is 379 g/mol. The number of aryl methyl sites for hydroxylation is 1.